The first-order chi connectivity index (χ1) is 4.68. The van der Waals surface area contributed by atoms with Gasteiger partial charge < -0.3 is 4.74 Å². The Labute approximate surface area is 69.1 Å². The number of hydrogen-bond donors (Lipinski definition) is 0. The second-order valence-corrected chi connectivity index (χ2v) is 2.44. The van der Waals surface area contributed by atoms with Crippen LogP contribution in [-0.4, -0.2) is 17.4 Å². The van der Waals surface area contributed by atoms with E-state index in [0.29, 0.717) is 0 Å². The summed E-state index contributed by atoms with van der Waals surface area (Å²) in [4.78, 5) is 9.35. The van der Waals surface area contributed by atoms with Crippen molar-refractivity contribution in [2.24, 2.45) is 0 Å². The molecule has 0 aromatic rings. The summed E-state index contributed by atoms with van der Waals surface area (Å²) >= 11 is 10.3. The van der Waals surface area contributed by atoms with Gasteiger partial charge in [0.1, 0.15) is 6.61 Å². The average Bonchev–Trinajstić information content (AvgIpc) is 1.88. The molecule has 0 aliphatic carbocycles. The largest absolute Gasteiger partial charge is 0.459 e. The molecule has 0 amide bonds. The molecule has 0 saturated heterocycles. The van der Waals surface area contributed by atoms with Crippen molar-refractivity contribution in [2.75, 3.05) is 6.61 Å². The fourth-order valence-corrected chi connectivity index (χ4v) is 0.372. The van der Waals surface area contributed by atoms with Crippen LogP contribution in [0.1, 0.15) is 0 Å². The number of alkyl halides is 2. The zero-order valence-electron chi connectivity index (χ0n) is 5.14. The summed E-state index contributed by atoms with van der Waals surface area (Å²) in [6, 6.07) is 0. The van der Waals surface area contributed by atoms with Crippen molar-refractivity contribution in [1.29, 1.82) is 0 Å². The average molecular weight is 181 g/mol. The van der Waals surface area contributed by atoms with Crippen molar-refractivity contribution in [1.82, 2.24) is 0 Å². The maximum atomic E-state index is 10.5. The van der Waals surface area contributed by atoms with Gasteiger partial charge in [-0.25, -0.2) is 4.79 Å². The van der Waals surface area contributed by atoms with Crippen LogP contribution in [0.15, 0.2) is 18.4 Å². The molecule has 0 aromatic carbocycles. The van der Waals surface area contributed by atoms with Gasteiger partial charge in [-0.15, -0.1) is 5.73 Å². The summed E-state index contributed by atoms with van der Waals surface area (Å²) in [5.74, 6) is -0.658. The molecule has 0 unspecified atom stereocenters. The minimum absolute atomic E-state index is 0.109. The van der Waals surface area contributed by atoms with Crippen LogP contribution in [0.5, 0.6) is 0 Å². The van der Waals surface area contributed by atoms with E-state index in [1.54, 1.807) is 0 Å². The van der Waals surface area contributed by atoms with Crippen LogP contribution in [0.4, 0.5) is 0 Å². The molecule has 0 fully saturated rings. The summed E-state index contributed by atoms with van der Waals surface area (Å²) in [7, 11) is 0. The Morgan fingerprint density at radius 2 is 2.40 bits per heavy atom. The van der Waals surface area contributed by atoms with E-state index in [0.717, 1.165) is 0 Å². The molecule has 4 heteroatoms. The van der Waals surface area contributed by atoms with Crippen LogP contribution in [0, 0.1) is 0 Å². The van der Waals surface area contributed by atoms with Crippen molar-refractivity contribution in [3.05, 3.63) is 18.4 Å². The molecule has 0 heterocycles. The number of carbonyl (C=O) groups is 1. The Hall–Kier alpha value is -0.430. The van der Waals surface area contributed by atoms with Gasteiger partial charge in [-0.05, 0) is 6.08 Å². The van der Waals surface area contributed by atoms with Crippen LogP contribution < -0.4 is 0 Å². The number of ether oxygens (including phenoxy) is 1. The molecule has 0 aromatic heterocycles. The Morgan fingerprint density at radius 3 is 2.80 bits per heavy atom. The van der Waals surface area contributed by atoms with Crippen LogP contribution >= 0.6 is 23.2 Å². The van der Waals surface area contributed by atoms with Crippen molar-refractivity contribution in [2.45, 2.75) is 4.84 Å². The van der Waals surface area contributed by atoms with Gasteiger partial charge in [-0.3, -0.25) is 0 Å². The molecule has 10 heavy (non-hydrogen) atoms. The van der Waals surface area contributed by atoms with E-state index in [1.807, 2.05) is 0 Å². The maximum Gasteiger partial charge on any atom is 0.339 e. The Balaban J connectivity index is 3.49. The van der Waals surface area contributed by atoms with Crippen molar-refractivity contribution in [3.63, 3.8) is 0 Å². The fraction of sp³-hybridized carbons (Fsp3) is 0.333. The fourth-order valence-electron chi connectivity index (χ4n) is 0.246. The van der Waals surface area contributed by atoms with Crippen LogP contribution in [0.2, 0.25) is 0 Å². The zero-order chi connectivity index (χ0) is 7.98. The van der Waals surface area contributed by atoms with Crippen LogP contribution in [-0.2, 0) is 9.53 Å². The standard InChI is InChI=1S/C6H6Cl2O2/c1-2-3-4-10-6(9)5(7)8/h3,5H,1,4H2. The third-order valence-electron chi connectivity index (χ3n) is 0.631. The van der Waals surface area contributed by atoms with Gasteiger partial charge >= 0.3 is 5.97 Å². The molecule has 0 aliphatic rings. The highest BCUT2D eigenvalue weighted by molar-refractivity contribution is 6.52. The SMILES string of the molecule is C=C=CCOC(=O)C(Cl)Cl. The van der Waals surface area contributed by atoms with Gasteiger partial charge in [-0.2, -0.15) is 0 Å². The normalized spacial score (nSPS) is 8.70. The molecular formula is C6H6Cl2O2. The Morgan fingerprint density at radius 1 is 1.80 bits per heavy atom. The minimum atomic E-state index is -1.11. The topological polar surface area (TPSA) is 26.3 Å². The number of carbonyl (C=O) groups excluding carboxylic acids is 1. The molecule has 56 valence electrons. The highest BCUT2D eigenvalue weighted by Gasteiger charge is 2.10. The summed E-state index contributed by atoms with van der Waals surface area (Å²) in [5.41, 5.74) is 2.42. The predicted molar refractivity (Wildman–Crippen MR) is 40.2 cm³/mol. The lowest BCUT2D eigenvalue weighted by atomic mass is 10.6. The van der Waals surface area contributed by atoms with E-state index >= 15 is 0 Å². The maximum absolute atomic E-state index is 10.5. The second-order valence-electron chi connectivity index (χ2n) is 1.34. The van der Waals surface area contributed by atoms with E-state index in [1.165, 1.54) is 6.08 Å². The molecule has 0 spiro atoms. The van der Waals surface area contributed by atoms with Gasteiger partial charge in [0.25, 0.3) is 0 Å². The minimum Gasteiger partial charge on any atom is -0.459 e. The third kappa shape index (κ3) is 4.45. The van der Waals surface area contributed by atoms with Crippen LogP contribution in [0.3, 0.4) is 0 Å². The lowest BCUT2D eigenvalue weighted by Gasteiger charge is -1.99. The molecular weight excluding hydrogens is 175 g/mol. The van der Waals surface area contributed by atoms with Crippen molar-refractivity contribution < 1.29 is 9.53 Å². The van der Waals surface area contributed by atoms with E-state index in [-0.39, 0.29) is 6.61 Å². The van der Waals surface area contributed by atoms with E-state index in [9.17, 15) is 4.79 Å². The summed E-state index contributed by atoms with van der Waals surface area (Å²) in [6.07, 6.45) is 1.45. The first-order valence-electron chi connectivity index (χ1n) is 2.47. The molecule has 2 nitrogen and oxygen atoms in total. The number of esters is 1. The highest BCUT2D eigenvalue weighted by atomic mass is 35.5. The lowest BCUT2D eigenvalue weighted by Crippen LogP contribution is -2.11. The monoisotopic (exact) mass is 180 g/mol. The molecule has 0 N–H and O–H groups in total. The highest BCUT2D eigenvalue weighted by Crippen LogP contribution is 2.02. The summed E-state index contributed by atoms with van der Waals surface area (Å²) < 4.78 is 4.48. The molecule has 0 aliphatic heterocycles. The van der Waals surface area contributed by atoms with Gasteiger partial charge in [0.2, 0.25) is 4.84 Å². The zero-order valence-corrected chi connectivity index (χ0v) is 6.65. The molecule has 0 bridgehead atoms. The number of hydrogen-bond acceptors (Lipinski definition) is 2. The summed E-state index contributed by atoms with van der Waals surface area (Å²) in [5, 5.41) is 0. The third-order valence-corrected chi connectivity index (χ3v) is 0.988. The molecule has 0 radical (unpaired) electrons. The first-order valence-corrected chi connectivity index (χ1v) is 3.35. The smallest absolute Gasteiger partial charge is 0.339 e. The van der Waals surface area contributed by atoms with Gasteiger partial charge in [0, 0.05) is 0 Å². The number of rotatable bonds is 3. The summed E-state index contributed by atoms with van der Waals surface area (Å²) in [6.45, 7) is 3.37. The van der Waals surface area contributed by atoms with Crippen molar-refractivity contribution >= 4 is 29.2 Å². The Bertz CT molecular complexity index is 159. The quantitative estimate of drug-likeness (QED) is 0.376. The second kappa shape index (κ2) is 5.36. The molecule has 0 rings (SSSR count). The van der Waals surface area contributed by atoms with E-state index in [2.05, 4.69) is 17.0 Å². The van der Waals surface area contributed by atoms with E-state index in [4.69, 9.17) is 23.2 Å². The van der Waals surface area contributed by atoms with Crippen molar-refractivity contribution in [3.8, 4) is 0 Å². The molecule has 0 atom stereocenters. The first kappa shape index (κ1) is 9.57. The van der Waals surface area contributed by atoms with Gasteiger partial charge in [-0.1, -0.05) is 29.8 Å². The predicted octanol–water partition coefficient (Wildman–Crippen LogP) is 1.67. The van der Waals surface area contributed by atoms with Gasteiger partial charge in [0.05, 0.1) is 0 Å². The molecule has 0 saturated carbocycles. The number of halogens is 2. The van der Waals surface area contributed by atoms with E-state index < -0.39 is 10.8 Å². The Kier molecular flexibility index (Phi) is 5.13. The lowest BCUT2D eigenvalue weighted by molar-refractivity contribution is -0.140. The van der Waals surface area contributed by atoms with Gasteiger partial charge in [0.15, 0.2) is 0 Å². The van der Waals surface area contributed by atoms with Crippen LogP contribution in [0.25, 0.3) is 0 Å².